The third kappa shape index (κ3) is 4.97. The molecule has 8 heteroatoms. The second-order valence-corrected chi connectivity index (χ2v) is 9.63. The molecule has 2 atom stereocenters. The first-order valence-corrected chi connectivity index (χ1v) is 12.2. The summed E-state index contributed by atoms with van der Waals surface area (Å²) >= 11 is 0. The zero-order valence-corrected chi connectivity index (χ0v) is 21.1. The van der Waals surface area contributed by atoms with Crippen LogP contribution in [0.2, 0.25) is 0 Å². The summed E-state index contributed by atoms with van der Waals surface area (Å²) in [4.78, 5) is 29.9. The highest BCUT2D eigenvalue weighted by Crippen LogP contribution is 2.43. The Labute approximate surface area is 215 Å². The summed E-state index contributed by atoms with van der Waals surface area (Å²) in [7, 11) is 5.75. The number of carbonyl (C=O) groups is 2. The molecule has 1 amide bonds. The standard InChI is InChI=1S/C29H29FN4O3/c1-32(2)16-17-33(3)28(36)21-10-8-19(9-11-21)24-18-25-23-6-4-5-7-26(23)37-29(34(25)31-24)27(35)20-12-14-22(30)15-13-20/h4-15,25,29H,16-18H2,1-3H3. The summed E-state index contributed by atoms with van der Waals surface area (Å²) < 4.78 is 19.6. The number of ether oxygens (including phenoxy) is 1. The van der Waals surface area contributed by atoms with E-state index in [0.717, 1.165) is 23.4 Å². The van der Waals surface area contributed by atoms with Gasteiger partial charge in [0.2, 0.25) is 5.78 Å². The smallest absolute Gasteiger partial charge is 0.253 e. The van der Waals surface area contributed by atoms with Crippen LogP contribution in [0.5, 0.6) is 5.75 Å². The number of para-hydroxylation sites is 1. The number of likely N-dealkylation sites (N-methyl/N-ethyl adjacent to an activating group) is 2. The van der Waals surface area contributed by atoms with E-state index in [1.165, 1.54) is 24.3 Å². The van der Waals surface area contributed by atoms with Gasteiger partial charge in [0.05, 0.1) is 11.8 Å². The van der Waals surface area contributed by atoms with Crippen molar-refractivity contribution >= 4 is 17.4 Å². The Morgan fingerprint density at radius 2 is 1.62 bits per heavy atom. The van der Waals surface area contributed by atoms with Crippen molar-refractivity contribution in [3.63, 3.8) is 0 Å². The van der Waals surface area contributed by atoms with Gasteiger partial charge < -0.3 is 14.5 Å². The number of amides is 1. The van der Waals surface area contributed by atoms with Gasteiger partial charge in [0, 0.05) is 43.2 Å². The molecule has 0 N–H and O–H groups in total. The lowest BCUT2D eigenvalue weighted by Crippen LogP contribution is -2.45. The molecule has 2 aliphatic rings. The van der Waals surface area contributed by atoms with Crippen molar-refractivity contribution in [2.45, 2.75) is 18.7 Å². The third-order valence-electron chi connectivity index (χ3n) is 6.75. The second-order valence-electron chi connectivity index (χ2n) is 9.63. The van der Waals surface area contributed by atoms with Crippen molar-refractivity contribution in [3.05, 3.63) is 101 Å². The predicted molar refractivity (Wildman–Crippen MR) is 139 cm³/mol. The van der Waals surface area contributed by atoms with Crippen molar-refractivity contribution in [2.24, 2.45) is 5.10 Å². The SMILES string of the molecule is CN(C)CCN(C)C(=O)c1ccc(C2=NN3C(C(=O)c4ccc(F)cc4)Oc4ccccc4C3C2)cc1. The zero-order chi connectivity index (χ0) is 26.1. The first-order chi connectivity index (χ1) is 17.8. The average Bonchev–Trinajstić information content (AvgIpc) is 3.37. The number of benzene rings is 3. The van der Waals surface area contributed by atoms with E-state index in [-0.39, 0.29) is 17.7 Å². The molecule has 0 fully saturated rings. The highest BCUT2D eigenvalue weighted by atomic mass is 19.1. The Bertz CT molecular complexity index is 1340. The summed E-state index contributed by atoms with van der Waals surface area (Å²) in [6.45, 7) is 1.43. The number of halogens is 1. The van der Waals surface area contributed by atoms with Gasteiger partial charge in [-0.25, -0.2) is 9.40 Å². The molecular weight excluding hydrogens is 471 g/mol. The quantitative estimate of drug-likeness (QED) is 0.455. The summed E-state index contributed by atoms with van der Waals surface area (Å²) in [6, 6.07) is 20.3. The van der Waals surface area contributed by atoms with E-state index in [2.05, 4.69) is 0 Å². The normalized spacial score (nSPS) is 18.1. The van der Waals surface area contributed by atoms with Gasteiger partial charge in [-0.15, -0.1) is 0 Å². The van der Waals surface area contributed by atoms with Gasteiger partial charge in [-0.1, -0.05) is 30.3 Å². The molecule has 2 unspecified atom stereocenters. The number of fused-ring (bicyclic) bond motifs is 3. The molecule has 0 aliphatic carbocycles. The minimum atomic E-state index is -0.964. The Kier molecular flexibility index (Phi) is 6.76. The first-order valence-electron chi connectivity index (χ1n) is 12.2. The molecule has 190 valence electrons. The van der Waals surface area contributed by atoms with E-state index < -0.39 is 12.0 Å². The number of hydrogen-bond acceptors (Lipinski definition) is 6. The fourth-order valence-electron chi connectivity index (χ4n) is 4.62. The maximum absolute atomic E-state index is 13.4. The number of hydrazone groups is 1. The van der Waals surface area contributed by atoms with E-state index in [1.807, 2.05) is 67.5 Å². The van der Waals surface area contributed by atoms with Crippen LogP contribution < -0.4 is 4.74 Å². The molecule has 2 heterocycles. The molecule has 0 bridgehead atoms. The van der Waals surface area contributed by atoms with Crippen molar-refractivity contribution in [1.29, 1.82) is 0 Å². The fraction of sp³-hybridized carbons (Fsp3) is 0.276. The number of carbonyl (C=O) groups excluding carboxylic acids is 2. The van der Waals surface area contributed by atoms with Crippen molar-refractivity contribution in [3.8, 4) is 5.75 Å². The van der Waals surface area contributed by atoms with Gasteiger partial charge in [-0.05, 0) is 62.1 Å². The summed E-state index contributed by atoms with van der Waals surface area (Å²) in [5, 5.41) is 6.52. The molecule has 37 heavy (non-hydrogen) atoms. The molecular formula is C29H29FN4O3. The monoisotopic (exact) mass is 500 g/mol. The predicted octanol–water partition coefficient (Wildman–Crippen LogP) is 4.21. The number of nitrogens with zero attached hydrogens (tertiary/aromatic N) is 4. The largest absolute Gasteiger partial charge is 0.461 e. The van der Waals surface area contributed by atoms with E-state index in [1.54, 1.807) is 17.0 Å². The lowest BCUT2D eigenvalue weighted by Gasteiger charge is -2.37. The van der Waals surface area contributed by atoms with Crippen LogP contribution in [0.3, 0.4) is 0 Å². The third-order valence-corrected chi connectivity index (χ3v) is 6.75. The number of ketones is 1. The Hall–Kier alpha value is -4.04. The molecule has 0 radical (unpaired) electrons. The summed E-state index contributed by atoms with van der Waals surface area (Å²) in [5.74, 6) is -0.0864. The van der Waals surface area contributed by atoms with Gasteiger partial charge in [-0.3, -0.25) is 9.59 Å². The maximum Gasteiger partial charge on any atom is 0.253 e. The fourth-order valence-corrected chi connectivity index (χ4v) is 4.62. The molecule has 2 aliphatic heterocycles. The second kappa shape index (κ2) is 10.1. The van der Waals surface area contributed by atoms with E-state index >= 15 is 0 Å². The Morgan fingerprint density at radius 3 is 2.32 bits per heavy atom. The highest BCUT2D eigenvalue weighted by molar-refractivity contribution is 6.04. The van der Waals surface area contributed by atoms with Gasteiger partial charge in [0.1, 0.15) is 11.6 Å². The molecule has 0 spiro atoms. The van der Waals surface area contributed by atoms with Crippen LogP contribution in [0.25, 0.3) is 0 Å². The van der Waals surface area contributed by atoms with Crippen LogP contribution in [-0.2, 0) is 0 Å². The minimum absolute atomic E-state index is 0.0357. The topological polar surface area (TPSA) is 65.5 Å². The van der Waals surface area contributed by atoms with Crippen LogP contribution >= 0.6 is 0 Å². The Morgan fingerprint density at radius 1 is 0.946 bits per heavy atom. The molecule has 3 aromatic rings. The van der Waals surface area contributed by atoms with Crippen molar-refractivity contribution in [2.75, 3.05) is 34.2 Å². The van der Waals surface area contributed by atoms with Gasteiger partial charge >= 0.3 is 0 Å². The first kappa shape index (κ1) is 24.6. The molecule has 0 aromatic heterocycles. The maximum atomic E-state index is 13.4. The zero-order valence-electron chi connectivity index (χ0n) is 21.1. The van der Waals surface area contributed by atoms with Crippen molar-refractivity contribution < 1.29 is 18.7 Å². The number of rotatable bonds is 7. The van der Waals surface area contributed by atoms with Crippen LogP contribution in [0.1, 0.15) is 44.3 Å². The van der Waals surface area contributed by atoms with Crippen molar-refractivity contribution in [1.82, 2.24) is 14.8 Å². The van der Waals surface area contributed by atoms with E-state index in [4.69, 9.17) is 9.84 Å². The molecule has 0 saturated carbocycles. The molecule has 3 aromatic carbocycles. The minimum Gasteiger partial charge on any atom is -0.461 e. The highest BCUT2D eigenvalue weighted by Gasteiger charge is 2.43. The van der Waals surface area contributed by atoms with E-state index in [9.17, 15) is 14.0 Å². The molecule has 0 saturated heterocycles. The van der Waals surface area contributed by atoms with Crippen LogP contribution in [0, 0.1) is 5.82 Å². The van der Waals surface area contributed by atoms with Gasteiger partial charge in [0.15, 0.2) is 0 Å². The van der Waals surface area contributed by atoms with Crippen LogP contribution in [0.15, 0.2) is 77.9 Å². The van der Waals surface area contributed by atoms with Crippen LogP contribution in [0.4, 0.5) is 4.39 Å². The summed E-state index contributed by atoms with van der Waals surface area (Å²) in [5.41, 5.74) is 3.61. The lowest BCUT2D eigenvalue weighted by molar-refractivity contribution is -0.00456. The number of hydrogen-bond donors (Lipinski definition) is 0. The summed E-state index contributed by atoms with van der Waals surface area (Å²) in [6.07, 6.45) is -0.377. The molecule has 7 nitrogen and oxygen atoms in total. The molecule has 5 rings (SSSR count). The van der Waals surface area contributed by atoms with Gasteiger partial charge in [-0.2, -0.15) is 5.10 Å². The van der Waals surface area contributed by atoms with E-state index in [0.29, 0.717) is 29.8 Å². The van der Waals surface area contributed by atoms with Crippen LogP contribution in [-0.4, -0.2) is 72.7 Å². The number of Topliss-reactive ketones (excluding diaryl/α,β-unsaturated/α-hetero) is 1. The van der Waals surface area contributed by atoms with Gasteiger partial charge in [0.25, 0.3) is 12.1 Å². The average molecular weight is 501 g/mol. The Balaban J connectivity index is 1.40. The lowest BCUT2D eigenvalue weighted by atomic mass is 9.95.